The lowest BCUT2D eigenvalue weighted by molar-refractivity contribution is 0.0697. The minimum atomic E-state index is -1.12. The molecule has 3 aromatic rings. The molecule has 34 heavy (non-hydrogen) atoms. The largest absolute Gasteiger partial charge is 0.493 e. The van der Waals surface area contributed by atoms with Crippen LogP contribution in [0.2, 0.25) is 0 Å². The van der Waals surface area contributed by atoms with Crippen molar-refractivity contribution in [1.82, 2.24) is 10.3 Å². The maximum absolute atomic E-state index is 11.6. The van der Waals surface area contributed by atoms with Crippen LogP contribution in [-0.2, 0) is 6.54 Å². The number of nitrogens with two attached hydrogens (primary N) is 1. The smallest absolute Gasteiger partial charge is 0.339 e. The predicted molar refractivity (Wildman–Crippen MR) is 130 cm³/mol. The van der Waals surface area contributed by atoms with Crippen molar-refractivity contribution in [2.75, 3.05) is 32.7 Å². The molecule has 1 aromatic heterocycles. The Kier molecular flexibility index (Phi) is 8.50. The van der Waals surface area contributed by atoms with E-state index in [1.165, 1.54) is 0 Å². The number of ether oxygens (including phenoxy) is 3. The number of aromatic carboxylic acids is 1. The Balaban J connectivity index is 1.71. The number of aryl methyl sites for hydroxylation is 1. The van der Waals surface area contributed by atoms with E-state index in [1.54, 1.807) is 26.2 Å². The fourth-order valence-electron chi connectivity index (χ4n) is 3.70. The molecule has 0 amide bonds. The van der Waals surface area contributed by atoms with Gasteiger partial charge in [-0.1, -0.05) is 19.1 Å². The van der Waals surface area contributed by atoms with Crippen molar-refractivity contribution in [2.45, 2.75) is 32.9 Å². The maximum atomic E-state index is 11.6. The van der Waals surface area contributed by atoms with E-state index in [4.69, 9.17) is 25.1 Å². The number of nitrogens with zero attached hydrogens (tertiary/aromatic N) is 1. The van der Waals surface area contributed by atoms with E-state index in [0.29, 0.717) is 47.0 Å². The van der Waals surface area contributed by atoms with Gasteiger partial charge in [0.25, 0.3) is 0 Å². The molecule has 0 fully saturated rings. The van der Waals surface area contributed by atoms with Crippen LogP contribution >= 0.6 is 0 Å². The lowest BCUT2D eigenvalue weighted by Gasteiger charge is -2.20. The quantitative estimate of drug-likeness (QED) is 0.315. The summed E-state index contributed by atoms with van der Waals surface area (Å²) in [5.74, 6) is 0.557. The number of pyridine rings is 1. The van der Waals surface area contributed by atoms with Crippen LogP contribution in [0.15, 0.2) is 36.4 Å². The van der Waals surface area contributed by atoms with Gasteiger partial charge in [0, 0.05) is 12.6 Å². The van der Waals surface area contributed by atoms with Crippen LogP contribution in [0.4, 0.5) is 5.69 Å². The van der Waals surface area contributed by atoms with Crippen LogP contribution in [0.5, 0.6) is 17.2 Å². The topological polar surface area (TPSA) is 136 Å². The number of nitrogen functional groups attached to an aromatic ring is 1. The van der Waals surface area contributed by atoms with Crippen LogP contribution in [0, 0.1) is 6.92 Å². The SMILES string of the molecule is CCC(COc1cccc2nc(C)c(C(=O)O)c(N)c12)NCc1ccc(OCCO)c(OC)c1. The zero-order valence-electron chi connectivity index (χ0n) is 19.6. The van der Waals surface area contributed by atoms with Gasteiger partial charge >= 0.3 is 5.97 Å². The van der Waals surface area contributed by atoms with Gasteiger partial charge in [-0.15, -0.1) is 0 Å². The normalized spacial score (nSPS) is 11.9. The Labute approximate surface area is 198 Å². The molecular weight excluding hydrogens is 438 g/mol. The number of hydrogen-bond donors (Lipinski definition) is 4. The molecule has 0 aliphatic carbocycles. The Hall–Kier alpha value is -3.56. The number of hydrogen-bond acceptors (Lipinski definition) is 8. The molecule has 5 N–H and O–H groups in total. The van der Waals surface area contributed by atoms with Gasteiger partial charge < -0.3 is 35.5 Å². The third-order valence-electron chi connectivity index (χ3n) is 5.51. The second kappa shape index (κ2) is 11.5. The number of aromatic nitrogens is 1. The predicted octanol–water partition coefficient (Wildman–Crippen LogP) is 3.15. The summed E-state index contributed by atoms with van der Waals surface area (Å²) in [7, 11) is 1.57. The molecule has 1 heterocycles. The van der Waals surface area contributed by atoms with E-state index in [2.05, 4.69) is 17.2 Å². The first kappa shape index (κ1) is 25.1. The summed E-state index contributed by atoms with van der Waals surface area (Å²) < 4.78 is 16.9. The van der Waals surface area contributed by atoms with Crippen molar-refractivity contribution in [3.8, 4) is 17.2 Å². The van der Waals surface area contributed by atoms with Crippen molar-refractivity contribution in [2.24, 2.45) is 0 Å². The zero-order valence-corrected chi connectivity index (χ0v) is 19.6. The fraction of sp³-hybridized carbons (Fsp3) is 0.360. The summed E-state index contributed by atoms with van der Waals surface area (Å²) in [5, 5.41) is 22.5. The average molecular weight is 470 g/mol. The highest BCUT2D eigenvalue weighted by atomic mass is 16.5. The van der Waals surface area contributed by atoms with Crippen LogP contribution in [0.1, 0.15) is 35.0 Å². The number of carboxylic acid groups (broad SMARTS) is 1. The fourth-order valence-corrected chi connectivity index (χ4v) is 3.70. The summed E-state index contributed by atoms with van der Waals surface area (Å²) in [4.78, 5) is 16.0. The second-order valence-electron chi connectivity index (χ2n) is 7.80. The first-order valence-electron chi connectivity index (χ1n) is 11.1. The average Bonchev–Trinajstić information content (AvgIpc) is 2.82. The number of benzene rings is 2. The summed E-state index contributed by atoms with van der Waals surface area (Å²) in [6.07, 6.45) is 0.812. The molecule has 0 aliphatic heterocycles. The van der Waals surface area contributed by atoms with Crippen molar-refractivity contribution in [3.63, 3.8) is 0 Å². The van der Waals surface area contributed by atoms with E-state index in [9.17, 15) is 9.90 Å². The summed E-state index contributed by atoms with van der Waals surface area (Å²) >= 11 is 0. The molecule has 0 radical (unpaired) electrons. The van der Waals surface area contributed by atoms with Gasteiger partial charge in [-0.25, -0.2) is 4.79 Å². The molecular formula is C25H31N3O6. The highest BCUT2D eigenvalue weighted by Gasteiger charge is 2.19. The number of rotatable bonds is 12. The molecule has 0 spiro atoms. The Bertz CT molecular complexity index is 1150. The lowest BCUT2D eigenvalue weighted by atomic mass is 10.1. The van der Waals surface area contributed by atoms with Crippen LogP contribution in [0.25, 0.3) is 10.9 Å². The molecule has 0 aliphatic rings. The number of aliphatic hydroxyl groups is 1. The molecule has 3 rings (SSSR count). The van der Waals surface area contributed by atoms with E-state index in [1.807, 2.05) is 24.3 Å². The van der Waals surface area contributed by atoms with Crippen molar-refractivity contribution in [1.29, 1.82) is 0 Å². The molecule has 9 nitrogen and oxygen atoms in total. The minimum Gasteiger partial charge on any atom is -0.493 e. The highest BCUT2D eigenvalue weighted by molar-refractivity contribution is 6.06. The standard InChI is InChI=1S/C25H31N3O6/c1-4-17(27-13-16-8-9-19(33-11-10-29)21(12-16)32-3)14-34-20-7-5-6-18-23(20)24(26)22(25(30)31)15(2)28-18/h5-9,12,17,27,29H,4,10-11,13-14H2,1-3H3,(H2,26,28)(H,30,31). The number of anilines is 1. The summed E-state index contributed by atoms with van der Waals surface area (Å²) in [5.41, 5.74) is 8.33. The van der Waals surface area contributed by atoms with E-state index >= 15 is 0 Å². The Morgan fingerprint density at radius 1 is 1.18 bits per heavy atom. The number of aliphatic hydroxyl groups excluding tert-OH is 1. The molecule has 0 saturated heterocycles. The number of methoxy groups -OCH3 is 1. The van der Waals surface area contributed by atoms with E-state index < -0.39 is 5.97 Å². The molecule has 182 valence electrons. The van der Waals surface area contributed by atoms with Gasteiger partial charge in [0.2, 0.25) is 0 Å². The van der Waals surface area contributed by atoms with Crippen molar-refractivity contribution < 1.29 is 29.2 Å². The van der Waals surface area contributed by atoms with Gasteiger partial charge in [-0.2, -0.15) is 0 Å². The van der Waals surface area contributed by atoms with Crippen LogP contribution < -0.4 is 25.3 Å². The van der Waals surface area contributed by atoms with Gasteiger partial charge in [0.05, 0.1) is 36.0 Å². The third kappa shape index (κ3) is 5.67. The Morgan fingerprint density at radius 3 is 2.65 bits per heavy atom. The zero-order chi connectivity index (χ0) is 24.7. The van der Waals surface area contributed by atoms with Gasteiger partial charge in [0.1, 0.15) is 24.5 Å². The van der Waals surface area contributed by atoms with Gasteiger partial charge in [-0.05, 0) is 43.2 Å². The molecule has 0 bridgehead atoms. The lowest BCUT2D eigenvalue weighted by Crippen LogP contribution is -2.33. The first-order valence-corrected chi connectivity index (χ1v) is 11.1. The van der Waals surface area contributed by atoms with Crippen molar-refractivity contribution >= 4 is 22.6 Å². The second-order valence-corrected chi connectivity index (χ2v) is 7.80. The molecule has 0 saturated carbocycles. The number of carboxylic acids is 1. The number of fused-ring (bicyclic) bond motifs is 1. The first-order chi connectivity index (χ1) is 16.4. The highest BCUT2D eigenvalue weighted by Crippen LogP contribution is 2.33. The molecule has 2 aromatic carbocycles. The minimum absolute atomic E-state index is 0.00548. The molecule has 9 heteroatoms. The van der Waals surface area contributed by atoms with E-state index in [-0.39, 0.29) is 30.5 Å². The molecule has 1 unspecified atom stereocenters. The number of nitrogens with one attached hydrogen (secondary N) is 1. The van der Waals surface area contributed by atoms with Crippen LogP contribution in [0.3, 0.4) is 0 Å². The van der Waals surface area contributed by atoms with Crippen molar-refractivity contribution in [3.05, 3.63) is 53.2 Å². The van der Waals surface area contributed by atoms with Crippen LogP contribution in [-0.4, -0.2) is 54.1 Å². The summed E-state index contributed by atoms with van der Waals surface area (Å²) in [6, 6.07) is 11.0. The monoisotopic (exact) mass is 469 g/mol. The van der Waals surface area contributed by atoms with Gasteiger partial charge in [-0.3, -0.25) is 4.98 Å². The van der Waals surface area contributed by atoms with Gasteiger partial charge in [0.15, 0.2) is 11.5 Å². The third-order valence-corrected chi connectivity index (χ3v) is 5.51. The maximum Gasteiger partial charge on any atom is 0.339 e. The number of carbonyl (C=O) groups is 1. The summed E-state index contributed by atoms with van der Waals surface area (Å²) in [6.45, 7) is 4.76. The Morgan fingerprint density at radius 2 is 1.97 bits per heavy atom. The molecule has 1 atom stereocenters. The van der Waals surface area contributed by atoms with E-state index in [0.717, 1.165) is 12.0 Å².